The van der Waals surface area contributed by atoms with Crippen molar-refractivity contribution in [2.45, 2.75) is 18.7 Å². The van der Waals surface area contributed by atoms with E-state index in [0.717, 1.165) is 5.56 Å². The van der Waals surface area contributed by atoms with Gasteiger partial charge in [0.15, 0.2) is 0 Å². The second-order valence-corrected chi connectivity index (χ2v) is 5.76. The first kappa shape index (κ1) is 14.2. The fourth-order valence-electron chi connectivity index (χ4n) is 1.48. The lowest BCUT2D eigenvalue weighted by Crippen LogP contribution is -2.06. The van der Waals surface area contributed by atoms with Crippen LogP contribution in [-0.2, 0) is 14.4 Å². The molecule has 0 radical (unpaired) electrons. The van der Waals surface area contributed by atoms with Gasteiger partial charge in [-0.1, -0.05) is 28.9 Å². The first-order valence-electron chi connectivity index (χ1n) is 5.95. The number of hydrogen-bond donors (Lipinski definition) is 0. The zero-order valence-corrected chi connectivity index (χ0v) is 12.0. The molecule has 0 N–H and O–H groups in total. The lowest BCUT2D eigenvalue weighted by Gasteiger charge is -2.03. The van der Waals surface area contributed by atoms with Crippen molar-refractivity contribution in [2.24, 2.45) is 5.16 Å². The molecular weight excluding hydrogens is 276 g/mol. The van der Waals surface area contributed by atoms with E-state index in [1.165, 1.54) is 12.1 Å². The Labute approximate surface area is 118 Å². The van der Waals surface area contributed by atoms with Gasteiger partial charge in [0.1, 0.15) is 10.6 Å². The average Bonchev–Trinajstić information content (AvgIpc) is 2.46. The molecule has 0 saturated heterocycles. The molecule has 0 bridgehead atoms. The third kappa shape index (κ3) is 3.42. The maximum absolute atomic E-state index is 11.9. The van der Waals surface area contributed by atoms with Gasteiger partial charge < -0.3 is 0 Å². The van der Waals surface area contributed by atoms with Crippen molar-refractivity contribution in [2.75, 3.05) is 0 Å². The van der Waals surface area contributed by atoms with E-state index in [2.05, 4.69) is 10.1 Å². The van der Waals surface area contributed by atoms with Crippen LogP contribution in [0, 0.1) is 6.92 Å². The summed E-state index contributed by atoms with van der Waals surface area (Å²) >= 11 is 0. The van der Waals surface area contributed by atoms with E-state index in [4.69, 9.17) is 4.28 Å². The van der Waals surface area contributed by atoms with Gasteiger partial charge in [-0.25, -0.2) is 0 Å². The lowest BCUT2D eigenvalue weighted by atomic mass is 10.2. The maximum Gasteiger partial charge on any atom is 0.358 e. The number of pyridine rings is 1. The molecule has 0 aliphatic rings. The van der Waals surface area contributed by atoms with Gasteiger partial charge in [-0.3, -0.25) is 9.27 Å². The topological polar surface area (TPSA) is 68.6 Å². The van der Waals surface area contributed by atoms with Gasteiger partial charge in [-0.05, 0) is 38.1 Å². The van der Waals surface area contributed by atoms with Crippen molar-refractivity contribution < 1.29 is 12.7 Å². The highest BCUT2D eigenvalue weighted by atomic mass is 32.2. The summed E-state index contributed by atoms with van der Waals surface area (Å²) in [6.45, 7) is 3.51. The van der Waals surface area contributed by atoms with E-state index in [1.807, 2.05) is 6.92 Å². The second kappa shape index (κ2) is 5.83. The molecule has 1 aromatic heterocycles. The van der Waals surface area contributed by atoms with Crippen molar-refractivity contribution in [1.29, 1.82) is 0 Å². The van der Waals surface area contributed by atoms with Crippen LogP contribution in [0.3, 0.4) is 0 Å². The van der Waals surface area contributed by atoms with E-state index < -0.39 is 10.1 Å². The van der Waals surface area contributed by atoms with Crippen molar-refractivity contribution in [3.05, 3.63) is 59.9 Å². The molecule has 0 saturated carbocycles. The monoisotopic (exact) mass is 290 g/mol. The normalized spacial score (nSPS) is 12.2. The van der Waals surface area contributed by atoms with Gasteiger partial charge in [0, 0.05) is 6.20 Å². The summed E-state index contributed by atoms with van der Waals surface area (Å²) in [6.07, 6.45) is 1.60. The Morgan fingerprint density at radius 1 is 1.15 bits per heavy atom. The first-order valence-corrected chi connectivity index (χ1v) is 7.36. The highest BCUT2D eigenvalue weighted by Gasteiger charge is 2.15. The quantitative estimate of drug-likeness (QED) is 0.641. The van der Waals surface area contributed by atoms with Crippen LogP contribution < -0.4 is 0 Å². The highest BCUT2D eigenvalue weighted by Crippen LogP contribution is 2.13. The molecular formula is C14H14N2O3S. The number of aromatic nitrogens is 1. The van der Waals surface area contributed by atoms with E-state index in [0.29, 0.717) is 11.4 Å². The summed E-state index contributed by atoms with van der Waals surface area (Å²) in [5, 5.41) is 3.63. The molecule has 1 heterocycles. The van der Waals surface area contributed by atoms with Crippen LogP contribution in [0.15, 0.2) is 58.7 Å². The van der Waals surface area contributed by atoms with E-state index in [1.54, 1.807) is 43.5 Å². The number of rotatable bonds is 4. The molecule has 0 atom stereocenters. The Morgan fingerprint density at radius 2 is 1.85 bits per heavy atom. The predicted molar refractivity (Wildman–Crippen MR) is 75.9 cm³/mol. The van der Waals surface area contributed by atoms with Crippen molar-refractivity contribution in [3.63, 3.8) is 0 Å². The number of nitrogens with zero attached hydrogens (tertiary/aromatic N) is 2. The molecule has 104 valence electrons. The lowest BCUT2D eigenvalue weighted by molar-refractivity contribution is 0.338. The number of benzene rings is 1. The molecule has 0 amide bonds. The molecule has 0 aliphatic heterocycles. The molecule has 0 fully saturated rings. The van der Waals surface area contributed by atoms with Crippen LogP contribution in [0.2, 0.25) is 0 Å². The summed E-state index contributed by atoms with van der Waals surface area (Å²) in [5.74, 6) is 0. The van der Waals surface area contributed by atoms with Gasteiger partial charge in [0.25, 0.3) is 0 Å². The predicted octanol–water partition coefficient (Wildman–Crippen LogP) is 2.52. The standard InChI is InChI=1S/C14H14N2O3S/c1-11-6-8-13(9-7-11)20(17,18)19-16-12(2)14-5-3-4-10-15-14/h3-10H,1-2H3. The Hall–Kier alpha value is -2.21. The van der Waals surface area contributed by atoms with Gasteiger partial charge in [-0.15, -0.1) is 0 Å². The van der Waals surface area contributed by atoms with E-state index in [-0.39, 0.29) is 4.90 Å². The molecule has 5 nitrogen and oxygen atoms in total. The summed E-state index contributed by atoms with van der Waals surface area (Å²) < 4.78 is 28.6. The van der Waals surface area contributed by atoms with Gasteiger partial charge in [-0.2, -0.15) is 8.42 Å². The summed E-state index contributed by atoms with van der Waals surface area (Å²) in [6, 6.07) is 11.6. The Balaban J connectivity index is 2.19. The van der Waals surface area contributed by atoms with Crippen LogP contribution in [0.1, 0.15) is 18.2 Å². The fourth-order valence-corrected chi connectivity index (χ4v) is 2.24. The molecule has 2 rings (SSSR count). The summed E-state index contributed by atoms with van der Waals surface area (Å²) in [4.78, 5) is 4.13. The Kier molecular flexibility index (Phi) is 4.14. The van der Waals surface area contributed by atoms with Crippen LogP contribution in [0.25, 0.3) is 0 Å². The van der Waals surface area contributed by atoms with E-state index in [9.17, 15) is 8.42 Å². The minimum Gasteiger partial charge on any atom is -0.264 e. The highest BCUT2D eigenvalue weighted by molar-refractivity contribution is 7.86. The van der Waals surface area contributed by atoms with E-state index >= 15 is 0 Å². The summed E-state index contributed by atoms with van der Waals surface area (Å²) in [5.41, 5.74) is 1.92. The molecule has 0 aliphatic carbocycles. The third-order valence-corrected chi connectivity index (χ3v) is 3.74. The van der Waals surface area contributed by atoms with Gasteiger partial charge >= 0.3 is 10.1 Å². The first-order chi connectivity index (χ1) is 9.49. The van der Waals surface area contributed by atoms with Crippen LogP contribution >= 0.6 is 0 Å². The van der Waals surface area contributed by atoms with Crippen LogP contribution in [0.5, 0.6) is 0 Å². The molecule has 2 aromatic rings. The van der Waals surface area contributed by atoms with Gasteiger partial charge in [0.2, 0.25) is 0 Å². The van der Waals surface area contributed by atoms with Crippen molar-refractivity contribution in [3.8, 4) is 0 Å². The minimum atomic E-state index is -3.90. The van der Waals surface area contributed by atoms with Crippen LogP contribution in [-0.4, -0.2) is 19.1 Å². The third-order valence-electron chi connectivity index (χ3n) is 2.62. The second-order valence-electron chi connectivity index (χ2n) is 4.23. The Morgan fingerprint density at radius 3 is 2.45 bits per heavy atom. The van der Waals surface area contributed by atoms with Gasteiger partial charge in [0.05, 0.1) is 5.69 Å². The largest absolute Gasteiger partial charge is 0.358 e. The number of hydrogen-bond acceptors (Lipinski definition) is 5. The van der Waals surface area contributed by atoms with Crippen molar-refractivity contribution >= 4 is 15.8 Å². The van der Waals surface area contributed by atoms with Crippen LogP contribution in [0.4, 0.5) is 0 Å². The zero-order chi connectivity index (χ0) is 14.6. The smallest absolute Gasteiger partial charge is 0.264 e. The maximum atomic E-state index is 11.9. The molecule has 6 heteroatoms. The molecule has 20 heavy (non-hydrogen) atoms. The molecule has 1 aromatic carbocycles. The fraction of sp³-hybridized carbons (Fsp3) is 0.143. The number of aryl methyl sites for hydroxylation is 1. The van der Waals surface area contributed by atoms with Crippen molar-refractivity contribution in [1.82, 2.24) is 4.98 Å². The Bertz CT molecular complexity index is 708. The molecule has 0 spiro atoms. The zero-order valence-electron chi connectivity index (χ0n) is 11.1. The molecule has 0 unspecified atom stereocenters. The SMILES string of the molecule is CC(=NOS(=O)(=O)c1ccc(C)cc1)c1ccccn1. The minimum absolute atomic E-state index is 0.0701. The number of oxime groups is 1. The average molecular weight is 290 g/mol. The summed E-state index contributed by atoms with van der Waals surface area (Å²) in [7, 11) is -3.90.